The zero-order valence-corrected chi connectivity index (χ0v) is 6.98. The van der Waals surface area contributed by atoms with E-state index in [1.165, 1.54) is 6.08 Å². The molecule has 0 aromatic rings. The van der Waals surface area contributed by atoms with Gasteiger partial charge in [0.25, 0.3) is 0 Å². The first-order chi connectivity index (χ1) is 5.11. The summed E-state index contributed by atoms with van der Waals surface area (Å²) in [4.78, 5) is 0.194. The van der Waals surface area contributed by atoms with Crippen LogP contribution in [0.4, 0.5) is 4.39 Å². The summed E-state index contributed by atoms with van der Waals surface area (Å²) in [5.41, 5.74) is 0. The summed E-state index contributed by atoms with van der Waals surface area (Å²) in [5.74, 6) is -0.520. The van der Waals surface area contributed by atoms with Crippen LogP contribution in [0.1, 0.15) is 13.3 Å². The molecular formula is C7H9FO2S. The fraction of sp³-hybridized carbons (Fsp3) is 0.429. The Morgan fingerprint density at radius 3 is 2.73 bits per heavy atom. The van der Waals surface area contributed by atoms with Crippen molar-refractivity contribution >= 4 is 10.7 Å². The molecule has 1 unspecified atom stereocenters. The van der Waals surface area contributed by atoms with Crippen LogP contribution in [-0.2, 0) is 10.7 Å². The second-order valence-corrected chi connectivity index (χ2v) is 3.58. The van der Waals surface area contributed by atoms with Crippen LogP contribution >= 0.6 is 0 Å². The zero-order chi connectivity index (χ0) is 8.43. The molecule has 0 spiro atoms. The molecule has 0 saturated heterocycles. The summed E-state index contributed by atoms with van der Waals surface area (Å²) >= 11 is 0. The minimum absolute atomic E-state index is 0.0735. The lowest BCUT2D eigenvalue weighted by Crippen LogP contribution is -2.03. The third-order valence-corrected chi connectivity index (χ3v) is 2.66. The highest BCUT2D eigenvalue weighted by Crippen LogP contribution is 2.24. The van der Waals surface area contributed by atoms with Crippen molar-refractivity contribution in [3.63, 3.8) is 0 Å². The molecule has 1 aliphatic rings. The van der Waals surface area contributed by atoms with Crippen molar-refractivity contribution in [1.82, 2.24) is 0 Å². The lowest BCUT2D eigenvalue weighted by atomic mass is 10.0. The van der Waals surface area contributed by atoms with Gasteiger partial charge in [0.05, 0.1) is 0 Å². The van der Waals surface area contributed by atoms with Crippen LogP contribution in [0.25, 0.3) is 0 Å². The molecule has 1 atom stereocenters. The van der Waals surface area contributed by atoms with Gasteiger partial charge in [-0.3, -0.25) is 0 Å². The SMILES string of the molecule is CC1CC=C(F)C=C1[SH](=O)=O. The molecule has 0 N–H and O–H groups in total. The van der Waals surface area contributed by atoms with Crippen molar-refractivity contribution < 1.29 is 12.8 Å². The Labute approximate surface area is 66.4 Å². The first-order valence-corrected chi connectivity index (χ1v) is 4.50. The molecule has 11 heavy (non-hydrogen) atoms. The van der Waals surface area contributed by atoms with Gasteiger partial charge in [-0.1, -0.05) is 6.92 Å². The summed E-state index contributed by atoms with van der Waals surface area (Å²) < 4.78 is 33.5. The predicted molar refractivity (Wildman–Crippen MR) is 41.4 cm³/mol. The van der Waals surface area contributed by atoms with E-state index in [1.807, 2.05) is 0 Å². The van der Waals surface area contributed by atoms with Gasteiger partial charge in [0.15, 0.2) is 10.7 Å². The van der Waals surface area contributed by atoms with Crippen LogP contribution in [0.2, 0.25) is 0 Å². The minimum atomic E-state index is -2.60. The van der Waals surface area contributed by atoms with E-state index in [1.54, 1.807) is 6.92 Å². The van der Waals surface area contributed by atoms with Gasteiger partial charge in [-0.2, -0.15) is 0 Å². The molecule has 1 aliphatic carbocycles. The summed E-state index contributed by atoms with van der Waals surface area (Å²) in [6, 6.07) is 0. The molecule has 0 radical (unpaired) electrons. The lowest BCUT2D eigenvalue weighted by Gasteiger charge is -2.11. The highest BCUT2D eigenvalue weighted by molar-refractivity contribution is 7.76. The highest BCUT2D eigenvalue weighted by Gasteiger charge is 2.15. The fourth-order valence-corrected chi connectivity index (χ4v) is 1.68. The topological polar surface area (TPSA) is 34.1 Å². The third-order valence-electron chi connectivity index (χ3n) is 1.67. The van der Waals surface area contributed by atoms with Crippen molar-refractivity contribution in [3.8, 4) is 0 Å². The average Bonchev–Trinajstić information content (AvgIpc) is 1.94. The van der Waals surface area contributed by atoms with Crippen molar-refractivity contribution in [3.05, 3.63) is 22.9 Å². The number of thiol groups is 1. The van der Waals surface area contributed by atoms with E-state index in [0.717, 1.165) is 6.08 Å². The molecule has 1 rings (SSSR count). The molecule has 0 aliphatic heterocycles. The van der Waals surface area contributed by atoms with Gasteiger partial charge in [-0.15, -0.1) is 0 Å². The van der Waals surface area contributed by atoms with E-state index < -0.39 is 16.5 Å². The monoisotopic (exact) mass is 176 g/mol. The van der Waals surface area contributed by atoms with Crippen LogP contribution < -0.4 is 0 Å². The first kappa shape index (κ1) is 8.46. The molecule has 0 aromatic carbocycles. The number of allylic oxidation sites excluding steroid dienone is 4. The molecule has 0 saturated carbocycles. The van der Waals surface area contributed by atoms with Gasteiger partial charge in [0.1, 0.15) is 5.83 Å². The number of rotatable bonds is 1. The van der Waals surface area contributed by atoms with E-state index in [9.17, 15) is 12.8 Å². The molecule has 0 heterocycles. The van der Waals surface area contributed by atoms with E-state index >= 15 is 0 Å². The van der Waals surface area contributed by atoms with Gasteiger partial charge in [0.2, 0.25) is 0 Å². The van der Waals surface area contributed by atoms with E-state index in [0.29, 0.717) is 6.42 Å². The molecule has 0 fully saturated rings. The van der Waals surface area contributed by atoms with Gasteiger partial charge < -0.3 is 0 Å². The highest BCUT2D eigenvalue weighted by atomic mass is 32.2. The van der Waals surface area contributed by atoms with Crippen molar-refractivity contribution in [1.29, 1.82) is 0 Å². The summed E-state index contributed by atoms with van der Waals surface area (Å²) in [6.07, 6.45) is 2.95. The molecule has 0 aromatic heterocycles. The van der Waals surface area contributed by atoms with Crippen molar-refractivity contribution in [2.24, 2.45) is 5.92 Å². The molecule has 2 nitrogen and oxygen atoms in total. The summed E-state index contributed by atoms with van der Waals surface area (Å²) in [6.45, 7) is 1.76. The van der Waals surface area contributed by atoms with Crippen LogP contribution in [0.5, 0.6) is 0 Å². The normalized spacial score (nSPS) is 24.8. The van der Waals surface area contributed by atoms with Crippen molar-refractivity contribution in [2.75, 3.05) is 0 Å². The van der Waals surface area contributed by atoms with Crippen LogP contribution in [0.3, 0.4) is 0 Å². The maximum Gasteiger partial charge on any atom is 0.164 e. The standard InChI is InChI=1S/C7H9FO2S/c1-5-2-3-6(8)4-7(5)11(9)10/h3-5,11H,2H2,1H3. The third kappa shape index (κ3) is 1.89. The molecule has 4 heteroatoms. The van der Waals surface area contributed by atoms with Gasteiger partial charge >= 0.3 is 0 Å². The Balaban J connectivity index is 2.99. The zero-order valence-electron chi connectivity index (χ0n) is 6.08. The molecule has 62 valence electrons. The van der Waals surface area contributed by atoms with Gasteiger partial charge in [-0.05, 0) is 24.5 Å². The van der Waals surface area contributed by atoms with Gasteiger partial charge in [0, 0.05) is 4.91 Å². The molecule has 0 bridgehead atoms. The van der Waals surface area contributed by atoms with Gasteiger partial charge in [-0.25, -0.2) is 12.8 Å². The Kier molecular flexibility index (Phi) is 2.44. The Hall–Kier alpha value is -0.640. The maximum atomic E-state index is 12.5. The fourth-order valence-electron chi connectivity index (χ4n) is 0.985. The second kappa shape index (κ2) is 3.17. The minimum Gasteiger partial charge on any atom is -0.227 e. The summed E-state index contributed by atoms with van der Waals surface area (Å²) in [5, 5.41) is 0. The van der Waals surface area contributed by atoms with Crippen LogP contribution in [0, 0.1) is 5.92 Å². The van der Waals surface area contributed by atoms with E-state index in [-0.39, 0.29) is 10.8 Å². The average molecular weight is 176 g/mol. The van der Waals surface area contributed by atoms with E-state index in [2.05, 4.69) is 0 Å². The Morgan fingerprint density at radius 2 is 2.27 bits per heavy atom. The van der Waals surface area contributed by atoms with Crippen LogP contribution in [-0.4, -0.2) is 8.42 Å². The molecular weight excluding hydrogens is 167 g/mol. The Bertz CT molecular complexity index is 281. The predicted octanol–water partition coefficient (Wildman–Crippen LogP) is 1.37. The largest absolute Gasteiger partial charge is 0.227 e. The second-order valence-electron chi connectivity index (χ2n) is 2.55. The summed E-state index contributed by atoms with van der Waals surface area (Å²) in [7, 11) is -2.60. The quantitative estimate of drug-likeness (QED) is 0.612. The smallest absolute Gasteiger partial charge is 0.164 e. The Morgan fingerprint density at radius 1 is 1.64 bits per heavy atom. The first-order valence-electron chi connectivity index (χ1n) is 3.33. The molecule has 0 amide bonds. The van der Waals surface area contributed by atoms with Crippen molar-refractivity contribution in [2.45, 2.75) is 13.3 Å². The lowest BCUT2D eigenvalue weighted by molar-refractivity contribution is 0.593. The maximum absolute atomic E-state index is 12.5. The number of hydrogen-bond acceptors (Lipinski definition) is 2. The van der Waals surface area contributed by atoms with Crippen LogP contribution in [0.15, 0.2) is 22.9 Å². The number of halogens is 1. The van der Waals surface area contributed by atoms with E-state index in [4.69, 9.17) is 0 Å². The number of hydrogen-bond donors (Lipinski definition) is 1.